The highest BCUT2D eigenvalue weighted by Crippen LogP contribution is 2.37. The quantitative estimate of drug-likeness (QED) is 0.884. The fraction of sp³-hybridized carbons (Fsp3) is 0.308. The summed E-state index contributed by atoms with van der Waals surface area (Å²) in [5.41, 5.74) is -0.692. The molecule has 0 unspecified atom stereocenters. The van der Waals surface area contributed by atoms with Gasteiger partial charge in [0, 0.05) is 0 Å². The second-order valence-corrected chi connectivity index (χ2v) is 3.97. The van der Waals surface area contributed by atoms with Crippen LogP contribution in [-0.2, 0) is 6.18 Å². The van der Waals surface area contributed by atoms with Crippen LogP contribution in [0.1, 0.15) is 40.4 Å². The number of halogens is 3. The summed E-state index contributed by atoms with van der Waals surface area (Å²) < 4.78 is 38.7. The summed E-state index contributed by atoms with van der Waals surface area (Å²) >= 11 is 0. The number of carboxylic acid groups (broad SMARTS) is 1. The van der Waals surface area contributed by atoms with Crippen LogP contribution in [0.4, 0.5) is 13.2 Å². The Kier molecular flexibility index (Phi) is 3.84. The van der Waals surface area contributed by atoms with E-state index in [1.54, 1.807) is 6.92 Å². The van der Waals surface area contributed by atoms with Crippen molar-refractivity contribution < 1.29 is 23.1 Å². The van der Waals surface area contributed by atoms with Gasteiger partial charge in [0.1, 0.15) is 0 Å². The van der Waals surface area contributed by atoms with E-state index >= 15 is 0 Å². The Morgan fingerprint density at radius 2 is 1.89 bits per heavy atom. The van der Waals surface area contributed by atoms with Gasteiger partial charge in [0.05, 0.1) is 11.1 Å². The fourth-order valence-electron chi connectivity index (χ4n) is 1.66. The minimum absolute atomic E-state index is 0.0347. The largest absolute Gasteiger partial charge is 0.478 e. The third-order valence-corrected chi connectivity index (χ3v) is 2.71. The molecule has 0 aromatic heterocycles. The minimum atomic E-state index is -4.59. The van der Waals surface area contributed by atoms with Crippen molar-refractivity contribution in [3.05, 3.63) is 41.0 Å². The van der Waals surface area contributed by atoms with Crippen molar-refractivity contribution in [2.24, 2.45) is 0 Å². The summed E-state index contributed by atoms with van der Waals surface area (Å²) in [5, 5.41) is 8.85. The molecule has 0 spiro atoms. The Bertz CT molecular complexity index is 502. The number of alkyl halides is 3. The van der Waals surface area contributed by atoms with Gasteiger partial charge in [-0.15, -0.1) is 0 Å². The lowest BCUT2D eigenvalue weighted by molar-refractivity contribution is -0.137. The van der Waals surface area contributed by atoms with E-state index in [0.29, 0.717) is 23.6 Å². The number of aryl methyl sites for hydroxylation is 1. The molecule has 5 heteroatoms. The standard InChI is InChI=1S/C13H13F3O2/c1-4-7(2)9-5-8(3)10(12(17)18)6-11(9)13(14,15)16/h5-6H,2,4H2,1,3H3,(H,17,18). The first-order valence-electron chi connectivity index (χ1n) is 5.31. The van der Waals surface area contributed by atoms with Crippen molar-refractivity contribution in [1.29, 1.82) is 0 Å². The molecule has 1 rings (SSSR count). The van der Waals surface area contributed by atoms with Crippen molar-refractivity contribution in [3.8, 4) is 0 Å². The highest BCUT2D eigenvalue weighted by atomic mass is 19.4. The molecule has 2 nitrogen and oxygen atoms in total. The predicted molar refractivity (Wildman–Crippen MR) is 62.5 cm³/mol. The Morgan fingerprint density at radius 3 is 2.28 bits per heavy atom. The molecule has 0 bridgehead atoms. The van der Waals surface area contributed by atoms with Gasteiger partial charge in [-0.05, 0) is 36.1 Å². The number of allylic oxidation sites excluding steroid dienone is 1. The van der Waals surface area contributed by atoms with Gasteiger partial charge in [-0.3, -0.25) is 0 Å². The molecule has 98 valence electrons. The van der Waals surface area contributed by atoms with E-state index in [0.717, 1.165) is 0 Å². The smallest absolute Gasteiger partial charge is 0.417 e. The predicted octanol–water partition coefficient (Wildman–Crippen LogP) is 4.14. The Morgan fingerprint density at radius 1 is 1.33 bits per heavy atom. The zero-order valence-electron chi connectivity index (χ0n) is 10.1. The lowest BCUT2D eigenvalue weighted by Crippen LogP contribution is -2.12. The highest BCUT2D eigenvalue weighted by molar-refractivity contribution is 5.90. The normalized spacial score (nSPS) is 11.4. The number of hydrogen-bond donors (Lipinski definition) is 1. The molecule has 0 saturated heterocycles. The topological polar surface area (TPSA) is 37.3 Å². The first-order valence-corrected chi connectivity index (χ1v) is 5.31. The molecule has 1 aromatic rings. The molecule has 1 aromatic carbocycles. The molecule has 18 heavy (non-hydrogen) atoms. The zero-order chi connectivity index (χ0) is 14.1. The zero-order valence-corrected chi connectivity index (χ0v) is 10.1. The maximum atomic E-state index is 12.9. The van der Waals surface area contributed by atoms with Crippen LogP contribution in [0.2, 0.25) is 0 Å². The molecular weight excluding hydrogens is 245 g/mol. The van der Waals surface area contributed by atoms with E-state index in [4.69, 9.17) is 5.11 Å². The maximum absolute atomic E-state index is 12.9. The van der Waals surface area contributed by atoms with E-state index in [9.17, 15) is 18.0 Å². The second-order valence-electron chi connectivity index (χ2n) is 3.97. The monoisotopic (exact) mass is 258 g/mol. The second kappa shape index (κ2) is 4.84. The van der Waals surface area contributed by atoms with Crippen molar-refractivity contribution in [2.75, 3.05) is 0 Å². The van der Waals surface area contributed by atoms with Crippen LogP contribution in [0.25, 0.3) is 5.57 Å². The maximum Gasteiger partial charge on any atom is 0.417 e. The van der Waals surface area contributed by atoms with Crippen LogP contribution < -0.4 is 0 Å². The van der Waals surface area contributed by atoms with Crippen LogP contribution in [0.5, 0.6) is 0 Å². The van der Waals surface area contributed by atoms with E-state index in [2.05, 4.69) is 6.58 Å². The van der Waals surface area contributed by atoms with E-state index in [1.807, 2.05) is 0 Å². The molecular formula is C13H13F3O2. The number of carbonyl (C=O) groups is 1. The van der Waals surface area contributed by atoms with Crippen LogP contribution in [0.3, 0.4) is 0 Å². The third-order valence-electron chi connectivity index (χ3n) is 2.71. The molecule has 0 saturated carbocycles. The number of rotatable bonds is 3. The van der Waals surface area contributed by atoms with Gasteiger partial charge in [0.15, 0.2) is 0 Å². The molecule has 0 aliphatic carbocycles. The summed E-state index contributed by atoms with van der Waals surface area (Å²) in [6, 6.07) is 1.91. The molecule has 0 radical (unpaired) electrons. The summed E-state index contributed by atoms with van der Waals surface area (Å²) in [6.07, 6.45) is -4.22. The lowest BCUT2D eigenvalue weighted by atomic mass is 9.93. The summed E-state index contributed by atoms with van der Waals surface area (Å²) in [5.74, 6) is -1.37. The van der Waals surface area contributed by atoms with Crippen LogP contribution in [0, 0.1) is 6.92 Å². The molecule has 0 atom stereocenters. The van der Waals surface area contributed by atoms with E-state index in [1.165, 1.54) is 13.0 Å². The van der Waals surface area contributed by atoms with Crippen LogP contribution >= 0.6 is 0 Å². The molecule has 0 amide bonds. The average Bonchev–Trinajstić information content (AvgIpc) is 2.25. The van der Waals surface area contributed by atoms with E-state index < -0.39 is 17.7 Å². The molecule has 1 N–H and O–H groups in total. The summed E-state index contributed by atoms with van der Waals surface area (Å²) in [7, 11) is 0. The fourth-order valence-corrected chi connectivity index (χ4v) is 1.66. The molecule has 0 heterocycles. The first-order chi connectivity index (χ1) is 8.18. The minimum Gasteiger partial charge on any atom is -0.478 e. The van der Waals surface area contributed by atoms with Gasteiger partial charge < -0.3 is 5.11 Å². The molecule has 0 fully saturated rings. The van der Waals surface area contributed by atoms with Gasteiger partial charge in [0.25, 0.3) is 0 Å². The van der Waals surface area contributed by atoms with Crippen LogP contribution in [-0.4, -0.2) is 11.1 Å². The molecule has 0 aliphatic heterocycles. The van der Waals surface area contributed by atoms with Crippen molar-refractivity contribution in [1.82, 2.24) is 0 Å². The Balaban J connectivity index is 3.57. The van der Waals surface area contributed by atoms with Crippen LogP contribution in [0.15, 0.2) is 18.7 Å². The molecule has 0 aliphatic rings. The summed E-state index contributed by atoms with van der Waals surface area (Å²) in [4.78, 5) is 10.9. The number of hydrogen-bond acceptors (Lipinski definition) is 1. The van der Waals surface area contributed by atoms with E-state index in [-0.39, 0.29) is 11.1 Å². The van der Waals surface area contributed by atoms with Crippen molar-refractivity contribution in [3.63, 3.8) is 0 Å². The van der Waals surface area contributed by atoms with Gasteiger partial charge in [-0.25, -0.2) is 4.79 Å². The van der Waals surface area contributed by atoms with Gasteiger partial charge >= 0.3 is 12.1 Å². The highest BCUT2D eigenvalue weighted by Gasteiger charge is 2.35. The van der Waals surface area contributed by atoms with Gasteiger partial charge in [-0.1, -0.05) is 19.6 Å². The Hall–Kier alpha value is -1.78. The van der Waals surface area contributed by atoms with Gasteiger partial charge in [-0.2, -0.15) is 13.2 Å². The SMILES string of the molecule is C=C(CC)c1cc(C)c(C(=O)O)cc1C(F)(F)F. The number of benzene rings is 1. The first kappa shape index (κ1) is 14.3. The number of aromatic carboxylic acids is 1. The summed E-state index contributed by atoms with van der Waals surface area (Å²) in [6.45, 7) is 6.75. The van der Waals surface area contributed by atoms with Crippen molar-refractivity contribution >= 4 is 11.5 Å². The van der Waals surface area contributed by atoms with Crippen molar-refractivity contribution in [2.45, 2.75) is 26.4 Å². The third kappa shape index (κ3) is 2.72. The average molecular weight is 258 g/mol. The number of carboxylic acids is 1. The lowest BCUT2D eigenvalue weighted by Gasteiger charge is -2.16. The van der Waals surface area contributed by atoms with Gasteiger partial charge in [0.2, 0.25) is 0 Å². The Labute approximate surface area is 103 Å².